The summed E-state index contributed by atoms with van der Waals surface area (Å²) < 4.78 is 0. The van der Waals surface area contributed by atoms with Crippen LogP contribution in [0.1, 0.15) is 12.5 Å². The second kappa shape index (κ2) is 4.97. The number of carbonyl (C=O) groups excluding carboxylic acids is 1. The highest BCUT2D eigenvalue weighted by molar-refractivity contribution is 5.78. The maximum Gasteiger partial charge on any atom is 0.217 e. The Morgan fingerprint density at radius 1 is 1.65 bits per heavy atom. The smallest absolute Gasteiger partial charge is 0.217 e. The quantitative estimate of drug-likeness (QED) is 0.723. The van der Waals surface area contributed by atoms with Gasteiger partial charge in [-0.3, -0.25) is 9.78 Å². The molecule has 1 unspecified atom stereocenters. The van der Waals surface area contributed by atoms with Gasteiger partial charge in [0.25, 0.3) is 0 Å². The molecule has 0 saturated heterocycles. The zero-order valence-corrected chi connectivity index (χ0v) is 9.60. The Labute approximate surface area is 98.9 Å². The average Bonchev–Trinajstić information content (AvgIpc) is 2.71. The van der Waals surface area contributed by atoms with Crippen LogP contribution in [0.3, 0.4) is 0 Å². The first-order chi connectivity index (χ1) is 8.20. The van der Waals surface area contributed by atoms with Crippen molar-refractivity contribution < 1.29 is 9.90 Å². The number of nitrogens with one attached hydrogen (secondary N) is 2. The summed E-state index contributed by atoms with van der Waals surface area (Å²) in [6.45, 7) is 1.36. The van der Waals surface area contributed by atoms with E-state index in [1.54, 1.807) is 6.20 Å². The number of aromatic amines is 1. The summed E-state index contributed by atoms with van der Waals surface area (Å²) in [5, 5.41) is 11.9. The topological polar surface area (TPSA) is 78.0 Å². The van der Waals surface area contributed by atoms with Gasteiger partial charge in [-0.25, -0.2) is 0 Å². The van der Waals surface area contributed by atoms with Crippen molar-refractivity contribution in [2.24, 2.45) is 0 Å². The van der Waals surface area contributed by atoms with E-state index >= 15 is 0 Å². The molecular weight excluding hydrogens is 218 g/mol. The largest absolute Gasteiger partial charge is 0.394 e. The predicted octanol–water partition coefficient (Wildman–Crippen LogP) is 0.602. The number of rotatable bonds is 4. The molecule has 2 rings (SSSR count). The third-order valence-electron chi connectivity index (χ3n) is 2.61. The van der Waals surface area contributed by atoms with Crippen molar-refractivity contribution in [1.82, 2.24) is 15.3 Å². The number of pyridine rings is 1. The SMILES string of the molecule is CC(=O)NC(CO)Cc1c[nH]c2cccnc12. The molecule has 90 valence electrons. The normalized spacial score (nSPS) is 12.6. The van der Waals surface area contributed by atoms with Gasteiger partial charge in [0.2, 0.25) is 5.91 Å². The molecule has 1 atom stereocenters. The number of hydrogen-bond acceptors (Lipinski definition) is 3. The molecule has 0 bridgehead atoms. The molecule has 2 heterocycles. The van der Waals surface area contributed by atoms with Crippen molar-refractivity contribution in [3.05, 3.63) is 30.1 Å². The first-order valence-corrected chi connectivity index (χ1v) is 5.49. The monoisotopic (exact) mass is 233 g/mol. The molecule has 1 amide bonds. The highest BCUT2D eigenvalue weighted by atomic mass is 16.3. The van der Waals surface area contributed by atoms with Crippen molar-refractivity contribution >= 4 is 16.9 Å². The Morgan fingerprint density at radius 3 is 3.18 bits per heavy atom. The lowest BCUT2D eigenvalue weighted by atomic mass is 10.1. The van der Waals surface area contributed by atoms with E-state index in [1.807, 2.05) is 18.3 Å². The summed E-state index contributed by atoms with van der Waals surface area (Å²) >= 11 is 0. The Balaban J connectivity index is 2.19. The van der Waals surface area contributed by atoms with E-state index < -0.39 is 0 Å². The number of amides is 1. The first-order valence-electron chi connectivity index (χ1n) is 5.49. The second-order valence-corrected chi connectivity index (χ2v) is 4.00. The second-order valence-electron chi connectivity index (χ2n) is 4.00. The van der Waals surface area contributed by atoms with E-state index in [9.17, 15) is 9.90 Å². The molecular formula is C12H15N3O2. The minimum atomic E-state index is -0.270. The van der Waals surface area contributed by atoms with Gasteiger partial charge in [-0.2, -0.15) is 0 Å². The van der Waals surface area contributed by atoms with Crippen LogP contribution in [0.2, 0.25) is 0 Å². The van der Waals surface area contributed by atoms with Gasteiger partial charge in [-0.1, -0.05) is 0 Å². The molecule has 0 aromatic carbocycles. The van der Waals surface area contributed by atoms with Crippen molar-refractivity contribution in [2.75, 3.05) is 6.61 Å². The molecule has 0 fully saturated rings. The van der Waals surface area contributed by atoms with Gasteiger partial charge in [-0.05, 0) is 24.1 Å². The number of carbonyl (C=O) groups is 1. The van der Waals surface area contributed by atoms with E-state index in [1.165, 1.54) is 6.92 Å². The Morgan fingerprint density at radius 2 is 2.47 bits per heavy atom. The van der Waals surface area contributed by atoms with Crippen molar-refractivity contribution in [3.8, 4) is 0 Å². The van der Waals surface area contributed by atoms with E-state index in [2.05, 4.69) is 15.3 Å². The predicted molar refractivity (Wildman–Crippen MR) is 64.5 cm³/mol. The molecule has 2 aromatic rings. The number of H-pyrrole nitrogens is 1. The van der Waals surface area contributed by atoms with Gasteiger partial charge in [0, 0.05) is 19.3 Å². The number of aliphatic hydroxyl groups is 1. The number of aliphatic hydroxyl groups excluding tert-OH is 1. The van der Waals surface area contributed by atoms with E-state index in [4.69, 9.17) is 0 Å². The van der Waals surface area contributed by atoms with Crippen LogP contribution in [0.15, 0.2) is 24.5 Å². The van der Waals surface area contributed by atoms with Crippen LogP contribution in [0, 0.1) is 0 Å². The highest BCUT2D eigenvalue weighted by Crippen LogP contribution is 2.16. The first kappa shape index (κ1) is 11.6. The lowest BCUT2D eigenvalue weighted by molar-refractivity contribution is -0.119. The highest BCUT2D eigenvalue weighted by Gasteiger charge is 2.13. The van der Waals surface area contributed by atoms with Gasteiger partial charge >= 0.3 is 0 Å². The van der Waals surface area contributed by atoms with E-state index in [0.29, 0.717) is 6.42 Å². The molecule has 0 saturated carbocycles. The lowest BCUT2D eigenvalue weighted by Gasteiger charge is -2.14. The van der Waals surface area contributed by atoms with Crippen LogP contribution in [-0.2, 0) is 11.2 Å². The van der Waals surface area contributed by atoms with Crippen LogP contribution in [0.4, 0.5) is 0 Å². The molecule has 3 N–H and O–H groups in total. The molecule has 0 aliphatic carbocycles. The summed E-state index contributed by atoms with van der Waals surface area (Å²) in [7, 11) is 0. The standard InChI is InChI=1S/C12H15N3O2/c1-8(17)15-10(7-16)5-9-6-14-11-3-2-4-13-12(9)11/h2-4,6,10,14,16H,5,7H2,1H3,(H,15,17). The molecule has 0 aliphatic rings. The molecule has 0 spiro atoms. The summed E-state index contributed by atoms with van der Waals surface area (Å²) in [4.78, 5) is 18.4. The van der Waals surface area contributed by atoms with E-state index in [-0.39, 0.29) is 18.6 Å². The Kier molecular flexibility index (Phi) is 3.39. The van der Waals surface area contributed by atoms with Gasteiger partial charge in [0.05, 0.1) is 23.7 Å². The van der Waals surface area contributed by atoms with Crippen LogP contribution >= 0.6 is 0 Å². The van der Waals surface area contributed by atoms with Crippen LogP contribution in [0.5, 0.6) is 0 Å². The molecule has 17 heavy (non-hydrogen) atoms. The summed E-state index contributed by atoms with van der Waals surface area (Å²) in [6.07, 6.45) is 4.15. The fraction of sp³-hybridized carbons (Fsp3) is 0.333. The molecule has 5 heteroatoms. The van der Waals surface area contributed by atoms with Crippen molar-refractivity contribution in [3.63, 3.8) is 0 Å². The van der Waals surface area contributed by atoms with Crippen molar-refractivity contribution in [1.29, 1.82) is 0 Å². The van der Waals surface area contributed by atoms with Crippen LogP contribution in [-0.4, -0.2) is 33.6 Å². The minimum absolute atomic E-state index is 0.0842. The molecule has 0 radical (unpaired) electrons. The van der Waals surface area contributed by atoms with Crippen molar-refractivity contribution in [2.45, 2.75) is 19.4 Å². The summed E-state index contributed by atoms with van der Waals surface area (Å²) in [6, 6.07) is 3.53. The maximum atomic E-state index is 11.0. The van der Waals surface area contributed by atoms with Gasteiger partial charge < -0.3 is 15.4 Å². The third kappa shape index (κ3) is 2.62. The number of hydrogen-bond donors (Lipinski definition) is 3. The average molecular weight is 233 g/mol. The van der Waals surface area contributed by atoms with Crippen LogP contribution in [0.25, 0.3) is 11.0 Å². The fourth-order valence-corrected chi connectivity index (χ4v) is 1.88. The Hall–Kier alpha value is -1.88. The summed E-state index contributed by atoms with van der Waals surface area (Å²) in [5.41, 5.74) is 2.84. The zero-order valence-electron chi connectivity index (χ0n) is 9.60. The molecule has 2 aromatic heterocycles. The lowest BCUT2D eigenvalue weighted by Crippen LogP contribution is -2.37. The van der Waals surface area contributed by atoms with Gasteiger partial charge in [-0.15, -0.1) is 0 Å². The number of fused-ring (bicyclic) bond motifs is 1. The maximum absolute atomic E-state index is 11.0. The zero-order chi connectivity index (χ0) is 12.3. The van der Waals surface area contributed by atoms with Gasteiger partial charge in [0.1, 0.15) is 0 Å². The number of nitrogens with zero attached hydrogens (tertiary/aromatic N) is 1. The Bertz CT molecular complexity index is 521. The fourth-order valence-electron chi connectivity index (χ4n) is 1.88. The molecule has 0 aliphatic heterocycles. The van der Waals surface area contributed by atoms with Crippen LogP contribution < -0.4 is 5.32 Å². The summed E-state index contributed by atoms with van der Waals surface area (Å²) in [5.74, 6) is -0.142. The van der Waals surface area contributed by atoms with E-state index in [0.717, 1.165) is 16.6 Å². The third-order valence-corrected chi connectivity index (χ3v) is 2.61. The molecule has 5 nitrogen and oxygen atoms in total. The minimum Gasteiger partial charge on any atom is -0.394 e. The number of aromatic nitrogens is 2. The van der Waals surface area contributed by atoms with Gasteiger partial charge in [0.15, 0.2) is 0 Å².